The maximum Gasteiger partial charge on any atom is 0.420 e. The molecule has 3 nitrogen and oxygen atoms in total. The number of likely N-dealkylation sites (tertiary alicyclic amines) is 1. The van der Waals surface area contributed by atoms with Gasteiger partial charge in [-0.3, -0.25) is 0 Å². The predicted molar refractivity (Wildman–Crippen MR) is 54.5 cm³/mol. The standard InChI is InChI=1S/C10H14F6N2O/c1-8(9(11,12)13,10(14,15)16)17-7(19)18-5-3-2-4-6-18/h2-6H2,1H3,(H,17,19). The largest absolute Gasteiger partial charge is 0.420 e. The van der Waals surface area contributed by atoms with E-state index in [1.54, 1.807) is 0 Å². The Hall–Kier alpha value is -1.15. The first-order chi connectivity index (χ1) is 8.49. The highest BCUT2D eigenvalue weighted by Gasteiger charge is 2.68. The molecular formula is C10H14F6N2O. The Morgan fingerprint density at radius 3 is 1.74 bits per heavy atom. The number of carbonyl (C=O) groups is 1. The van der Waals surface area contributed by atoms with Crippen LogP contribution >= 0.6 is 0 Å². The van der Waals surface area contributed by atoms with Crippen LogP contribution in [-0.4, -0.2) is 41.9 Å². The minimum atomic E-state index is -5.61. The SMILES string of the molecule is CC(NC(=O)N1CCCCC1)(C(F)(F)F)C(F)(F)F. The van der Waals surface area contributed by atoms with Crippen LogP contribution in [0.4, 0.5) is 31.1 Å². The first-order valence-corrected chi connectivity index (χ1v) is 5.69. The number of nitrogens with one attached hydrogen (secondary N) is 1. The molecule has 0 unspecified atom stereocenters. The quantitative estimate of drug-likeness (QED) is 0.740. The van der Waals surface area contributed by atoms with Crippen molar-refractivity contribution in [2.45, 2.75) is 44.1 Å². The lowest BCUT2D eigenvalue weighted by molar-refractivity contribution is -0.298. The van der Waals surface area contributed by atoms with Gasteiger partial charge in [-0.05, 0) is 26.2 Å². The number of nitrogens with zero attached hydrogens (tertiary/aromatic N) is 1. The molecule has 112 valence electrons. The third-order valence-corrected chi connectivity index (χ3v) is 3.13. The summed E-state index contributed by atoms with van der Waals surface area (Å²) in [6.45, 7) is 0.254. The summed E-state index contributed by atoms with van der Waals surface area (Å²) in [6.07, 6.45) is -9.28. The highest BCUT2D eigenvalue weighted by Crippen LogP contribution is 2.42. The number of halogens is 6. The molecule has 1 saturated heterocycles. The molecule has 0 atom stereocenters. The zero-order valence-electron chi connectivity index (χ0n) is 10.2. The van der Waals surface area contributed by atoms with Crippen molar-refractivity contribution in [3.8, 4) is 0 Å². The molecule has 0 aromatic heterocycles. The van der Waals surface area contributed by atoms with Gasteiger partial charge in [-0.25, -0.2) is 4.79 Å². The monoisotopic (exact) mass is 292 g/mol. The van der Waals surface area contributed by atoms with E-state index in [0.29, 0.717) is 12.8 Å². The van der Waals surface area contributed by atoms with Crippen LogP contribution in [-0.2, 0) is 0 Å². The second-order valence-corrected chi connectivity index (χ2v) is 4.60. The van der Waals surface area contributed by atoms with E-state index in [1.807, 2.05) is 0 Å². The molecule has 2 amide bonds. The molecule has 0 spiro atoms. The molecule has 0 aromatic carbocycles. The molecule has 1 fully saturated rings. The van der Waals surface area contributed by atoms with E-state index in [1.165, 1.54) is 0 Å². The van der Waals surface area contributed by atoms with Crippen LogP contribution in [0.5, 0.6) is 0 Å². The van der Waals surface area contributed by atoms with Crippen LogP contribution in [0.15, 0.2) is 0 Å². The number of hydrogen-bond donors (Lipinski definition) is 1. The van der Waals surface area contributed by atoms with Crippen molar-refractivity contribution < 1.29 is 31.1 Å². The van der Waals surface area contributed by atoms with E-state index in [2.05, 4.69) is 0 Å². The van der Waals surface area contributed by atoms with E-state index in [4.69, 9.17) is 0 Å². The maximum absolute atomic E-state index is 12.6. The van der Waals surface area contributed by atoms with Crippen LogP contribution < -0.4 is 5.32 Å². The Balaban J connectivity index is 2.87. The summed E-state index contributed by atoms with van der Waals surface area (Å²) in [6, 6.07) is -1.34. The van der Waals surface area contributed by atoms with Gasteiger partial charge in [0.2, 0.25) is 5.54 Å². The summed E-state index contributed by atoms with van der Waals surface area (Å²) in [4.78, 5) is 12.5. The number of piperidine rings is 1. The van der Waals surface area contributed by atoms with Crippen molar-refractivity contribution in [3.05, 3.63) is 0 Å². The minimum Gasteiger partial charge on any atom is -0.325 e. The molecule has 1 rings (SSSR count). The van der Waals surface area contributed by atoms with Crippen LogP contribution in [0.2, 0.25) is 0 Å². The van der Waals surface area contributed by atoms with E-state index < -0.39 is 23.9 Å². The Kier molecular flexibility index (Phi) is 4.26. The van der Waals surface area contributed by atoms with Crippen LogP contribution in [0.25, 0.3) is 0 Å². The third kappa shape index (κ3) is 3.24. The lowest BCUT2D eigenvalue weighted by Gasteiger charge is -2.37. The molecule has 0 bridgehead atoms. The van der Waals surface area contributed by atoms with Gasteiger partial charge >= 0.3 is 18.4 Å². The molecule has 0 aromatic rings. The number of urea groups is 1. The number of hydrogen-bond acceptors (Lipinski definition) is 1. The van der Waals surface area contributed by atoms with Crippen molar-refractivity contribution in [1.29, 1.82) is 0 Å². The molecule has 0 radical (unpaired) electrons. The summed E-state index contributed by atoms with van der Waals surface area (Å²) in [5.74, 6) is 0. The first kappa shape index (κ1) is 15.9. The molecule has 1 aliphatic rings. The van der Waals surface area contributed by atoms with Crippen molar-refractivity contribution in [3.63, 3.8) is 0 Å². The Morgan fingerprint density at radius 2 is 1.37 bits per heavy atom. The number of alkyl halides is 6. The van der Waals surface area contributed by atoms with Crippen molar-refractivity contribution in [2.24, 2.45) is 0 Å². The molecular weight excluding hydrogens is 278 g/mol. The number of rotatable bonds is 1. The zero-order chi connectivity index (χ0) is 14.9. The van der Waals surface area contributed by atoms with Gasteiger partial charge in [0.15, 0.2) is 0 Å². The highest BCUT2D eigenvalue weighted by molar-refractivity contribution is 5.75. The summed E-state index contributed by atoms with van der Waals surface area (Å²) >= 11 is 0. The molecule has 1 aliphatic heterocycles. The average Bonchev–Trinajstić information content (AvgIpc) is 2.27. The highest BCUT2D eigenvalue weighted by atomic mass is 19.4. The topological polar surface area (TPSA) is 32.3 Å². The van der Waals surface area contributed by atoms with Crippen molar-refractivity contribution >= 4 is 6.03 Å². The van der Waals surface area contributed by atoms with E-state index in [-0.39, 0.29) is 20.0 Å². The second kappa shape index (κ2) is 5.09. The van der Waals surface area contributed by atoms with Crippen LogP contribution in [0.3, 0.4) is 0 Å². The van der Waals surface area contributed by atoms with E-state index in [9.17, 15) is 31.1 Å². The maximum atomic E-state index is 12.6. The van der Waals surface area contributed by atoms with Crippen LogP contribution in [0, 0.1) is 0 Å². The summed E-state index contributed by atoms with van der Waals surface area (Å²) in [5, 5.41) is 1.08. The van der Waals surface area contributed by atoms with Gasteiger partial charge in [0.1, 0.15) is 0 Å². The minimum absolute atomic E-state index is 0.0746. The smallest absolute Gasteiger partial charge is 0.325 e. The van der Waals surface area contributed by atoms with Gasteiger partial charge in [-0.1, -0.05) is 0 Å². The number of amides is 2. The van der Waals surface area contributed by atoms with E-state index >= 15 is 0 Å². The number of carbonyl (C=O) groups excluding carboxylic acids is 1. The van der Waals surface area contributed by atoms with Gasteiger partial charge in [0.05, 0.1) is 0 Å². The molecule has 1 N–H and O–H groups in total. The van der Waals surface area contributed by atoms with E-state index in [0.717, 1.165) is 16.6 Å². The fourth-order valence-electron chi connectivity index (χ4n) is 1.69. The first-order valence-electron chi connectivity index (χ1n) is 5.69. The molecule has 0 saturated carbocycles. The third-order valence-electron chi connectivity index (χ3n) is 3.13. The fraction of sp³-hybridized carbons (Fsp3) is 0.900. The second-order valence-electron chi connectivity index (χ2n) is 4.60. The van der Waals surface area contributed by atoms with Gasteiger partial charge in [-0.2, -0.15) is 26.3 Å². The Morgan fingerprint density at radius 1 is 0.947 bits per heavy atom. The Labute approximate surface area is 105 Å². The summed E-state index contributed by atoms with van der Waals surface area (Å²) < 4.78 is 75.4. The summed E-state index contributed by atoms with van der Waals surface area (Å²) in [7, 11) is 0. The summed E-state index contributed by atoms with van der Waals surface area (Å²) in [5.41, 5.74) is -4.24. The zero-order valence-corrected chi connectivity index (χ0v) is 10.2. The van der Waals surface area contributed by atoms with Crippen molar-refractivity contribution in [2.75, 3.05) is 13.1 Å². The Bertz CT molecular complexity index is 318. The van der Waals surface area contributed by atoms with Crippen LogP contribution in [0.1, 0.15) is 26.2 Å². The van der Waals surface area contributed by atoms with Gasteiger partial charge in [0.25, 0.3) is 0 Å². The molecule has 19 heavy (non-hydrogen) atoms. The van der Waals surface area contributed by atoms with Crippen molar-refractivity contribution in [1.82, 2.24) is 10.2 Å². The predicted octanol–water partition coefficient (Wildman–Crippen LogP) is 3.07. The molecule has 9 heteroatoms. The average molecular weight is 292 g/mol. The molecule has 1 heterocycles. The van der Waals surface area contributed by atoms with Gasteiger partial charge < -0.3 is 10.2 Å². The lowest BCUT2D eigenvalue weighted by Crippen LogP contribution is -2.67. The van der Waals surface area contributed by atoms with Gasteiger partial charge in [0, 0.05) is 13.1 Å². The normalized spacial score (nSPS) is 18.4. The fourth-order valence-corrected chi connectivity index (χ4v) is 1.69. The lowest BCUT2D eigenvalue weighted by atomic mass is 10.0. The van der Waals surface area contributed by atoms with Gasteiger partial charge in [-0.15, -0.1) is 0 Å². The molecule has 0 aliphatic carbocycles.